The Kier molecular flexibility index (Phi) is 3.12. The van der Waals surface area contributed by atoms with Crippen LogP contribution in [-0.2, 0) is 9.53 Å². The zero-order valence-electron chi connectivity index (χ0n) is 10.7. The number of nitrogens with zero attached hydrogens (tertiary/aromatic N) is 1. The summed E-state index contributed by atoms with van der Waals surface area (Å²) in [6.45, 7) is 4.68. The molecule has 96 valence electrons. The Morgan fingerprint density at radius 2 is 2.06 bits per heavy atom. The van der Waals surface area contributed by atoms with Gasteiger partial charge in [-0.2, -0.15) is 0 Å². The fraction of sp³-hybridized carbons (Fsp3) is 0.929. The second-order valence-electron chi connectivity index (χ2n) is 5.96. The first kappa shape index (κ1) is 11.5. The number of fused-ring (bicyclic) bond motifs is 1. The summed E-state index contributed by atoms with van der Waals surface area (Å²) < 4.78 is 5.73. The van der Waals surface area contributed by atoms with Gasteiger partial charge in [0.25, 0.3) is 0 Å². The SMILES string of the molecule is CCC1CN(C(=O)C2CC3CC3C2)CCCO1. The number of hydrogen-bond acceptors (Lipinski definition) is 2. The fourth-order valence-electron chi connectivity index (χ4n) is 3.52. The second-order valence-corrected chi connectivity index (χ2v) is 5.96. The minimum Gasteiger partial charge on any atom is -0.376 e. The van der Waals surface area contributed by atoms with E-state index in [1.807, 2.05) is 0 Å². The van der Waals surface area contributed by atoms with E-state index in [-0.39, 0.29) is 6.10 Å². The number of carbonyl (C=O) groups is 1. The molecule has 0 bridgehead atoms. The van der Waals surface area contributed by atoms with Gasteiger partial charge in [-0.05, 0) is 43.9 Å². The summed E-state index contributed by atoms with van der Waals surface area (Å²) in [6.07, 6.45) is 6.00. The first-order valence-electron chi connectivity index (χ1n) is 7.18. The third-order valence-electron chi connectivity index (χ3n) is 4.71. The number of carbonyl (C=O) groups excluding carboxylic acids is 1. The van der Waals surface area contributed by atoms with Crippen LogP contribution in [0.4, 0.5) is 0 Å². The van der Waals surface area contributed by atoms with Crippen molar-refractivity contribution in [2.45, 2.75) is 45.1 Å². The van der Waals surface area contributed by atoms with Gasteiger partial charge in [0.1, 0.15) is 0 Å². The lowest BCUT2D eigenvalue weighted by Crippen LogP contribution is -2.40. The van der Waals surface area contributed by atoms with Crippen LogP contribution in [-0.4, -0.2) is 36.6 Å². The molecule has 0 aromatic carbocycles. The minimum atomic E-state index is 0.261. The zero-order chi connectivity index (χ0) is 11.8. The molecule has 3 aliphatic rings. The summed E-state index contributed by atoms with van der Waals surface area (Å²) in [5.41, 5.74) is 0. The van der Waals surface area contributed by atoms with E-state index in [1.165, 1.54) is 6.42 Å². The number of hydrogen-bond donors (Lipinski definition) is 0. The van der Waals surface area contributed by atoms with Gasteiger partial charge < -0.3 is 9.64 Å². The average Bonchev–Trinajstić information content (AvgIpc) is 3.04. The van der Waals surface area contributed by atoms with Gasteiger partial charge in [-0.3, -0.25) is 4.79 Å². The van der Waals surface area contributed by atoms with E-state index >= 15 is 0 Å². The van der Waals surface area contributed by atoms with Crippen molar-refractivity contribution in [3.63, 3.8) is 0 Å². The first-order valence-corrected chi connectivity index (χ1v) is 7.18. The van der Waals surface area contributed by atoms with Gasteiger partial charge in [-0.15, -0.1) is 0 Å². The number of amides is 1. The highest BCUT2D eigenvalue weighted by atomic mass is 16.5. The molecule has 1 amide bonds. The van der Waals surface area contributed by atoms with Gasteiger partial charge in [0.05, 0.1) is 6.10 Å². The molecule has 17 heavy (non-hydrogen) atoms. The molecule has 3 rings (SSSR count). The summed E-state index contributed by atoms with van der Waals surface area (Å²) in [5.74, 6) is 2.55. The van der Waals surface area contributed by atoms with Crippen molar-refractivity contribution in [2.75, 3.05) is 19.7 Å². The second kappa shape index (κ2) is 4.60. The topological polar surface area (TPSA) is 29.5 Å². The Bertz CT molecular complexity index is 295. The van der Waals surface area contributed by atoms with E-state index in [0.29, 0.717) is 11.8 Å². The van der Waals surface area contributed by atoms with Crippen LogP contribution in [0.3, 0.4) is 0 Å². The summed E-state index contributed by atoms with van der Waals surface area (Å²) in [4.78, 5) is 14.5. The predicted octanol–water partition coefficient (Wildman–Crippen LogP) is 2.06. The van der Waals surface area contributed by atoms with Crippen LogP contribution < -0.4 is 0 Å². The lowest BCUT2D eigenvalue weighted by atomic mass is 10.0. The van der Waals surface area contributed by atoms with Gasteiger partial charge in [-0.1, -0.05) is 6.92 Å². The molecule has 0 aromatic heterocycles. The van der Waals surface area contributed by atoms with Crippen LogP contribution in [0, 0.1) is 17.8 Å². The summed E-state index contributed by atoms with van der Waals surface area (Å²) in [5, 5.41) is 0. The van der Waals surface area contributed by atoms with Gasteiger partial charge in [0, 0.05) is 25.6 Å². The van der Waals surface area contributed by atoms with E-state index in [9.17, 15) is 4.79 Å². The fourth-order valence-corrected chi connectivity index (χ4v) is 3.52. The summed E-state index contributed by atoms with van der Waals surface area (Å²) in [7, 11) is 0. The maximum atomic E-state index is 12.5. The van der Waals surface area contributed by atoms with E-state index in [4.69, 9.17) is 4.74 Å². The largest absolute Gasteiger partial charge is 0.376 e. The maximum absolute atomic E-state index is 12.5. The van der Waals surface area contributed by atoms with Crippen molar-refractivity contribution < 1.29 is 9.53 Å². The Balaban J connectivity index is 1.59. The van der Waals surface area contributed by atoms with Crippen molar-refractivity contribution in [1.82, 2.24) is 4.90 Å². The maximum Gasteiger partial charge on any atom is 0.225 e. The van der Waals surface area contributed by atoms with Crippen LogP contribution >= 0.6 is 0 Å². The Hall–Kier alpha value is -0.570. The Morgan fingerprint density at radius 1 is 1.29 bits per heavy atom. The molecule has 1 saturated heterocycles. The van der Waals surface area contributed by atoms with Gasteiger partial charge in [-0.25, -0.2) is 0 Å². The van der Waals surface area contributed by atoms with Crippen molar-refractivity contribution >= 4 is 5.91 Å². The molecule has 1 heterocycles. The van der Waals surface area contributed by atoms with Crippen molar-refractivity contribution in [2.24, 2.45) is 17.8 Å². The Labute approximate surface area is 104 Å². The standard InChI is InChI=1S/C14H23NO2/c1-2-13-9-15(4-3-5-17-13)14(16)12-7-10-6-11(10)8-12/h10-13H,2-9H2,1H3. The van der Waals surface area contributed by atoms with Crippen molar-refractivity contribution in [3.8, 4) is 0 Å². The molecule has 0 aromatic rings. The molecule has 0 radical (unpaired) electrons. The zero-order valence-corrected chi connectivity index (χ0v) is 10.7. The third-order valence-corrected chi connectivity index (χ3v) is 4.71. The lowest BCUT2D eigenvalue weighted by molar-refractivity contribution is -0.136. The van der Waals surface area contributed by atoms with Crippen molar-refractivity contribution in [1.29, 1.82) is 0 Å². The minimum absolute atomic E-state index is 0.261. The highest BCUT2D eigenvalue weighted by molar-refractivity contribution is 5.79. The van der Waals surface area contributed by atoms with E-state index in [0.717, 1.165) is 57.2 Å². The monoisotopic (exact) mass is 237 g/mol. The van der Waals surface area contributed by atoms with E-state index < -0.39 is 0 Å². The average molecular weight is 237 g/mol. The van der Waals surface area contributed by atoms with Crippen LogP contribution in [0.5, 0.6) is 0 Å². The van der Waals surface area contributed by atoms with Crippen LogP contribution in [0.15, 0.2) is 0 Å². The molecule has 3 nitrogen and oxygen atoms in total. The van der Waals surface area contributed by atoms with Crippen LogP contribution in [0.1, 0.15) is 39.0 Å². The molecule has 3 atom stereocenters. The highest BCUT2D eigenvalue weighted by Gasteiger charge is 2.48. The molecule has 3 unspecified atom stereocenters. The highest BCUT2D eigenvalue weighted by Crippen LogP contribution is 2.54. The summed E-state index contributed by atoms with van der Waals surface area (Å²) >= 11 is 0. The molecule has 2 saturated carbocycles. The number of ether oxygens (including phenoxy) is 1. The molecule has 3 fully saturated rings. The Morgan fingerprint density at radius 3 is 2.76 bits per heavy atom. The van der Waals surface area contributed by atoms with Gasteiger partial charge >= 0.3 is 0 Å². The molecule has 0 N–H and O–H groups in total. The molecular weight excluding hydrogens is 214 g/mol. The van der Waals surface area contributed by atoms with Gasteiger partial charge in [0.2, 0.25) is 5.91 Å². The smallest absolute Gasteiger partial charge is 0.225 e. The summed E-state index contributed by atoms with van der Waals surface area (Å²) in [6, 6.07) is 0. The lowest BCUT2D eigenvalue weighted by Gasteiger charge is -2.26. The normalized spacial score (nSPS) is 40.9. The molecule has 3 heteroatoms. The number of rotatable bonds is 2. The molecular formula is C14H23NO2. The molecule has 1 aliphatic heterocycles. The first-order chi connectivity index (χ1) is 8.28. The molecule has 2 aliphatic carbocycles. The quantitative estimate of drug-likeness (QED) is 0.735. The van der Waals surface area contributed by atoms with Crippen LogP contribution in [0.2, 0.25) is 0 Å². The molecule has 0 spiro atoms. The van der Waals surface area contributed by atoms with Gasteiger partial charge in [0.15, 0.2) is 0 Å². The van der Waals surface area contributed by atoms with E-state index in [1.54, 1.807) is 0 Å². The van der Waals surface area contributed by atoms with E-state index in [2.05, 4.69) is 11.8 Å². The van der Waals surface area contributed by atoms with Crippen LogP contribution in [0.25, 0.3) is 0 Å². The van der Waals surface area contributed by atoms with Crippen molar-refractivity contribution in [3.05, 3.63) is 0 Å². The third kappa shape index (κ3) is 2.35. The predicted molar refractivity (Wildman–Crippen MR) is 65.5 cm³/mol.